The third kappa shape index (κ3) is 2.43. The third-order valence-corrected chi connectivity index (χ3v) is 2.65. The lowest BCUT2D eigenvalue weighted by atomic mass is 10.1. The Bertz CT molecular complexity index is 611. The first-order valence-corrected chi connectivity index (χ1v) is 5.46. The summed E-state index contributed by atoms with van der Waals surface area (Å²) >= 11 is 11.6. The maximum atomic E-state index is 11.7. The van der Waals surface area contributed by atoms with Gasteiger partial charge in [0.25, 0.3) is 5.56 Å². The highest BCUT2D eigenvalue weighted by molar-refractivity contribution is 6.31. The Balaban J connectivity index is 2.71. The van der Waals surface area contributed by atoms with Crippen LogP contribution in [0.1, 0.15) is 0 Å². The standard InChI is InChI=1S/C11H8Cl2N2O2/c1-17-9-3-2-6(12)4-7(9)8-5-10(13)14-15-11(8)16/h2-5H,1H3,(H,15,16). The number of halogens is 2. The van der Waals surface area contributed by atoms with Gasteiger partial charge in [-0.2, -0.15) is 5.10 Å². The average Bonchev–Trinajstić information content (AvgIpc) is 2.32. The fourth-order valence-electron chi connectivity index (χ4n) is 1.47. The summed E-state index contributed by atoms with van der Waals surface area (Å²) in [4.78, 5) is 11.7. The van der Waals surface area contributed by atoms with E-state index >= 15 is 0 Å². The van der Waals surface area contributed by atoms with Crippen molar-refractivity contribution in [2.45, 2.75) is 0 Å². The smallest absolute Gasteiger partial charge is 0.272 e. The molecule has 6 heteroatoms. The van der Waals surface area contributed by atoms with Crippen molar-refractivity contribution in [3.63, 3.8) is 0 Å². The molecule has 88 valence electrons. The molecule has 0 bridgehead atoms. The van der Waals surface area contributed by atoms with Gasteiger partial charge in [-0.1, -0.05) is 23.2 Å². The highest BCUT2D eigenvalue weighted by Gasteiger charge is 2.11. The van der Waals surface area contributed by atoms with Crippen molar-refractivity contribution in [3.05, 3.63) is 44.8 Å². The number of nitrogens with zero attached hydrogens (tertiary/aromatic N) is 1. The van der Waals surface area contributed by atoms with Crippen molar-refractivity contribution in [2.75, 3.05) is 7.11 Å². The molecule has 0 unspecified atom stereocenters. The van der Waals surface area contributed by atoms with Gasteiger partial charge in [-0.15, -0.1) is 0 Å². The summed E-state index contributed by atoms with van der Waals surface area (Å²) in [6.07, 6.45) is 0. The maximum Gasteiger partial charge on any atom is 0.272 e. The summed E-state index contributed by atoms with van der Waals surface area (Å²) in [6.45, 7) is 0. The fourth-order valence-corrected chi connectivity index (χ4v) is 1.80. The first-order valence-electron chi connectivity index (χ1n) is 4.71. The van der Waals surface area contributed by atoms with Crippen LogP contribution < -0.4 is 10.3 Å². The van der Waals surface area contributed by atoms with Gasteiger partial charge in [0.15, 0.2) is 0 Å². The maximum absolute atomic E-state index is 11.7. The Morgan fingerprint density at radius 3 is 2.71 bits per heavy atom. The molecule has 0 aliphatic heterocycles. The molecule has 2 aromatic rings. The van der Waals surface area contributed by atoms with Gasteiger partial charge >= 0.3 is 0 Å². The van der Waals surface area contributed by atoms with Crippen LogP contribution in [0.5, 0.6) is 5.75 Å². The Morgan fingerprint density at radius 2 is 2.00 bits per heavy atom. The molecule has 17 heavy (non-hydrogen) atoms. The Kier molecular flexibility index (Phi) is 3.36. The predicted molar refractivity (Wildman–Crippen MR) is 66.9 cm³/mol. The lowest BCUT2D eigenvalue weighted by Gasteiger charge is -2.08. The SMILES string of the molecule is COc1ccc(Cl)cc1-c1cc(Cl)n[nH]c1=O. The summed E-state index contributed by atoms with van der Waals surface area (Å²) < 4.78 is 5.17. The molecule has 0 aliphatic carbocycles. The van der Waals surface area contributed by atoms with E-state index in [1.165, 1.54) is 13.2 Å². The molecule has 0 amide bonds. The number of benzene rings is 1. The average molecular weight is 271 g/mol. The normalized spacial score (nSPS) is 10.3. The van der Waals surface area contributed by atoms with Crippen LogP contribution >= 0.6 is 23.2 Å². The van der Waals surface area contributed by atoms with Crippen LogP contribution in [0.15, 0.2) is 29.1 Å². The van der Waals surface area contributed by atoms with E-state index in [0.717, 1.165) is 0 Å². The van der Waals surface area contributed by atoms with Crippen LogP contribution in [0.3, 0.4) is 0 Å². The molecule has 4 nitrogen and oxygen atoms in total. The van der Waals surface area contributed by atoms with E-state index in [9.17, 15) is 4.79 Å². The largest absolute Gasteiger partial charge is 0.496 e. The van der Waals surface area contributed by atoms with Gasteiger partial charge in [0.2, 0.25) is 0 Å². The van der Waals surface area contributed by atoms with Crippen molar-refractivity contribution in [2.24, 2.45) is 0 Å². The molecule has 0 fully saturated rings. The molecular weight excluding hydrogens is 263 g/mol. The minimum absolute atomic E-state index is 0.196. The van der Waals surface area contributed by atoms with E-state index in [4.69, 9.17) is 27.9 Å². The quantitative estimate of drug-likeness (QED) is 0.913. The van der Waals surface area contributed by atoms with Gasteiger partial charge in [0.1, 0.15) is 10.9 Å². The zero-order valence-electron chi connectivity index (χ0n) is 8.83. The van der Waals surface area contributed by atoms with Crippen LogP contribution in [0.2, 0.25) is 10.2 Å². The molecule has 1 aromatic heterocycles. The molecule has 1 aromatic carbocycles. The predicted octanol–water partition coefficient (Wildman–Crippen LogP) is 2.75. The summed E-state index contributed by atoms with van der Waals surface area (Å²) in [5, 5.41) is 6.60. The van der Waals surface area contributed by atoms with Crippen molar-refractivity contribution < 1.29 is 4.74 Å². The number of rotatable bonds is 2. The molecule has 1 N–H and O–H groups in total. The van der Waals surface area contributed by atoms with E-state index in [2.05, 4.69) is 10.2 Å². The molecule has 0 saturated carbocycles. The van der Waals surface area contributed by atoms with Crippen molar-refractivity contribution in [1.82, 2.24) is 10.2 Å². The summed E-state index contributed by atoms with van der Waals surface area (Å²) in [5.41, 5.74) is 0.588. The molecule has 0 atom stereocenters. The van der Waals surface area contributed by atoms with E-state index in [0.29, 0.717) is 21.9 Å². The first-order chi connectivity index (χ1) is 8.11. The van der Waals surface area contributed by atoms with Gasteiger partial charge in [0.05, 0.1) is 12.7 Å². The van der Waals surface area contributed by atoms with E-state index < -0.39 is 0 Å². The molecular formula is C11H8Cl2N2O2. The second-order valence-corrected chi connectivity index (χ2v) is 4.10. The molecule has 2 rings (SSSR count). The summed E-state index contributed by atoms with van der Waals surface area (Å²) in [5.74, 6) is 0.544. The molecule has 0 spiro atoms. The number of aromatic amines is 1. The summed E-state index contributed by atoms with van der Waals surface area (Å²) in [7, 11) is 1.52. The first kappa shape index (κ1) is 12.0. The second kappa shape index (κ2) is 4.77. The van der Waals surface area contributed by atoms with Crippen molar-refractivity contribution in [3.8, 4) is 16.9 Å². The Labute approximate surface area is 107 Å². The minimum atomic E-state index is -0.352. The van der Waals surface area contributed by atoms with Gasteiger partial charge < -0.3 is 4.74 Å². The Hall–Kier alpha value is -1.52. The van der Waals surface area contributed by atoms with Crippen LogP contribution in [-0.4, -0.2) is 17.3 Å². The number of H-pyrrole nitrogens is 1. The lowest BCUT2D eigenvalue weighted by molar-refractivity contribution is 0.416. The topological polar surface area (TPSA) is 55.0 Å². The van der Waals surface area contributed by atoms with Gasteiger partial charge in [-0.25, -0.2) is 5.10 Å². The van der Waals surface area contributed by atoms with Gasteiger partial charge in [-0.3, -0.25) is 4.79 Å². The lowest BCUT2D eigenvalue weighted by Crippen LogP contribution is -2.10. The van der Waals surface area contributed by atoms with Gasteiger partial charge in [-0.05, 0) is 24.3 Å². The summed E-state index contributed by atoms with van der Waals surface area (Å²) in [6, 6.07) is 6.47. The highest BCUT2D eigenvalue weighted by atomic mass is 35.5. The number of ether oxygens (including phenoxy) is 1. The van der Waals surface area contributed by atoms with Gasteiger partial charge in [0, 0.05) is 10.6 Å². The molecule has 0 aliphatic rings. The molecule has 1 heterocycles. The zero-order chi connectivity index (χ0) is 12.4. The van der Waals surface area contributed by atoms with Crippen molar-refractivity contribution in [1.29, 1.82) is 0 Å². The Morgan fingerprint density at radius 1 is 1.24 bits per heavy atom. The monoisotopic (exact) mass is 270 g/mol. The van der Waals surface area contributed by atoms with Crippen LogP contribution in [0, 0.1) is 0 Å². The van der Waals surface area contributed by atoms with E-state index in [-0.39, 0.29) is 10.7 Å². The van der Waals surface area contributed by atoms with Crippen LogP contribution in [0.25, 0.3) is 11.1 Å². The minimum Gasteiger partial charge on any atom is -0.496 e. The van der Waals surface area contributed by atoms with E-state index in [1.807, 2.05) is 0 Å². The highest BCUT2D eigenvalue weighted by Crippen LogP contribution is 2.30. The van der Waals surface area contributed by atoms with Crippen molar-refractivity contribution >= 4 is 23.2 Å². The van der Waals surface area contributed by atoms with Crippen LogP contribution in [0.4, 0.5) is 0 Å². The zero-order valence-corrected chi connectivity index (χ0v) is 10.3. The number of hydrogen-bond donors (Lipinski definition) is 1. The van der Waals surface area contributed by atoms with Crippen LogP contribution in [-0.2, 0) is 0 Å². The number of methoxy groups -OCH3 is 1. The van der Waals surface area contributed by atoms with E-state index in [1.54, 1.807) is 18.2 Å². The molecule has 0 radical (unpaired) electrons. The number of aromatic nitrogens is 2. The second-order valence-electron chi connectivity index (χ2n) is 3.28. The third-order valence-electron chi connectivity index (χ3n) is 2.22. The fraction of sp³-hybridized carbons (Fsp3) is 0.0909. The number of nitrogens with one attached hydrogen (secondary N) is 1. The number of hydrogen-bond acceptors (Lipinski definition) is 3. The molecule has 0 saturated heterocycles.